The highest BCUT2D eigenvalue weighted by molar-refractivity contribution is 5.77. The molecule has 1 atom stereocenters. The molecule has 1 aliphatic heterocycles. The third-order valence-corrected chi connectivity index (χ3v) is 5.75. The smallest absolute Gasteiger partial charge is 0.320 e. The van der Waals surface area contributed by atoms with E-state index in [0.717, 1.165) is 50.9 Å². The van der Waals surface area contributed by atoms with Crippen LogP contribution in [-0.2, 0) is 6.42 Å². The Morgan fingerprint density at radius 3 is 2.55 bits per heavy atom. The average molecular weight is 399 g/mol. The van der Waals surface area contributed by atoms with Crippen molar-refractivity contribution in [2.24, 2.45) is 0 Å². The van der Waals surface area contributed by atoms with E-state index in [4.69, 9.17) is 4.74 Å². The van der Waals surface area contributed by atoms with Gasteiger partial charge in [0.15, 0.2) is 0 Å². The summed E-state index contributed by atoms with van der Waals surface area (Å²) in [5.74, 6) is 0.895. The van der Waals surface area contributed by atoms with Crippen molar-refractivity contribution in [2.75, 3.05) is 26.7 Å². The van der Waals surface area contributed by atoms with Gasteiger partial charge in [-0.15, -0.1) is 0 Å². The molecule has 0 radical (unpaired) electrons. The van der Waals surface area contributed by atoms with Crippen LogP contribution in [0.2, 0.25) is 0 Å². The summed E-state index contributed by atoms with van der Waals surface area (Å²) in [6, 6.07) is 8.82. The van der Waals surface area contributed by atoms with Gasteiger partial charge in [0.2, 0.25) is 0 Å². The monoisotopic (exact) mass is 398 g/mol. The van der Waals surface area contributed by atoms with E-state index in [2.05, 4.69) is 56.9 Å². The Morgan fingerprint density at radius 2 is 1.97 bits per heavy atom. The van der Waals surface area contributed by atoms with E-state index in [-0.39, 0.29) is 6.03 Å². The van der Waals surface area contributed by atoms with Crippen molar-refractivity contribution < 1.29 is 9.53 Å². The second kappa shape index (κ2) is 11.7. The van der Waals surface area contributed by atoms with E-state index in [1.54, 1.807) is 7.11 Å². The van der Waals surface area contributed by atoms with E-state index < -0.39 is 0 Å². The maximum atomic E-state index is 13.0. The number of carbonyl (C=O) groups is 1. The van der Waals surface area contributed by atoms with E-state index in [9.17, 15) is 4.79 Å². The van der Waals surface area contributed by atoms with Crippen LogP contribution in [0.25, 0.3) is 0 Å². The summed E-state index contributed by atoms with van der Waals surface area (Å²) in [6.45, 7) is 10.9. The molecule has 1 heterocycles. The Balaban J connectivity index is 1.96. The Bertz CT molecular complexity index is 706. The van der Waals surface area contributed by atoms with Crippen molar-refractivity contribution in [2.45, 2.75) is 65.8 Å². The molecule has 2 rings (SSSR count). The number of methoxy groups -OCH3 is 1. The van der Waals surface area contributed by atoms with Crippen molar-refractivity contribution in [1.82, 2.24) is 9.80 Å². The van der Waals surface area contributed by atoms with Crippen LogP contribution < -0.4 is 4.74 Å². The van der Waals surface area contributed by atoms with Gasteiger partial charge < -0.3 is 14.5 Å². The molecule has 0 N–H and O–H groups in total. The van der Waals surface area contributed by atoms with Crippen LogP contribution >= 0.6 is 0 Å². The molecule has 2 amide bonds. The number of hydrogen-bond acceptors (Lipinski definition) is 2. The fourth-order valence-corrected chi connectivity index (χ4v) is 3.86. The van der Waals surface area contributed by atoms with Gasteiger partial charge in [-0.05, 0) is 69.2 Å². The third-order valence-electron chi connectivity index (χ3n) is 5.75. The van der Waals surface area contributed by atoms with Crippen molar-refractivity contribution >= 4 is 6.03 Å². The van der Waals surface area contributed by atoms with Crippen LogP contribution in [0.3, 0.4) is 0 Å². The zero-order valence-electron chi connectivity index (χ0n) is 18.9. The van der Waals surface area contributed by atoms with Crippen LogP contribution in [-0.4, -0.2) is 48.6 Å². The fraction of sp³-hybridized carbons (Fsp3) is 0.560. The molecule has 1 saturated heterocycles. The molecule has 1 unspecified atom stereocenters. The average Bonchev–Trinajstić information content (AvgIpc) is 3.03. The molecule has 0 aliphatic carbocycles. The first-order valence-electron chi connectivity index (χ1n) is 11.0. The molecule has 0 spiro atoms. The second-order valence-electron chi connectivity index (χ2n) is 7.96. The maximum absolute atomic E-state index is 13.0. The minimum atomic E-state index is 0.197. The summed E-state index contributed by atoms with van der Waals surface area (Å²) >= 11 is 0. The van der Waals surface area contributed by atoms with Gasteiger partial charge in [0.25, 0.3) is 0 Å². The van der Waals surface area contributed by atoms with Crippen molar-refractivity contribution in [3.63, 3.8) is 0 Å². The zero-order valence-corrected chi connectivity index (χ0v) is 18.9. The zero-order chi connectivity index (χ0) is 21.2. The summed E-state index contributed by atoms with van der Waals surface area (Å²) in [7, 11) is 1.69. The summed E-state index contributed by atoms with van der Waals surface area (Å²) in [4.78, 5) is 17.1. The van der Waals surface area contributed by atoms with Gasteiger partial charge in [0.1, 0.15) is 5.75 Å². The first-order valence-corrected chi connectivity index (χ1v) is 11.0. The lowest BCUT2D eigenvalue weighted by molar-refractivity contribution is 0.187. The lowest BCUT2D eigenvalue weighted by Crippen LogP contribution is -2.36. The molecule has 160 valence electrons. The van der Waals surface area contributed by atoms with Crippen LogP contribution in [0.15, 0.2) is 47.6 Å². The van der Waals surface area contributed by atoms with Crippen molar-refractivity contribution in [1.29, 1.82) is 0 Å². The molecule has 1 aliphatic rings. The van der Waals surface area contributed by atoms with Gasteiger partial charge in [-0.3, -0.25) is 0 Å². The quantitative estimate of drug-likeness (QED) is 0.439. The molecular weight excluding hydrogens is 360 g/mol. The molecule has 29 heavy (non-hydrogen) atoms. The third kappa shape index (κ3) is 6.66. The van der Waals surface area contributed by atoms with Crippen LogP contribution in [0.5, 0.6) is 5.75 Å². The van der Waals surface area contributed by atoms with Crippen molar-refractivity contribution in [3.8, 4) is 5.75 Å². The van der Waals surface area contributed by atoms with E-state index in [1.165, 1.54) is 16.7 Å². The van der Waals surface area contributed by atoms with Gasteiger partial charge in [-0.25, -0.2) is 4.79 Å². The number of hydrogen-bond donors (Lipinski definition) is 0. The molecule has 0 saturated carbocycles. The predicted octanol–water partition coefficient (Wildman–Crippen LogP) is 5.84. The summed E-state index contributed by atoms with van der Waals surface area (Å²) in [5.41, 5.74) is 3.91. The standard InChI is InChI=1S/C25H38N2O2/c1-6-16-27-23(11-9-10-22-12-14-24(29-5)15-13-22)19-26(25(27)28)18-21(8-3)17-20(4)7-2/h8,12-15,17,23H,6-7,9-11,16,18-19H2,1-5H3/b20-17-,21-8+. The number of nitrogens with zero attached hydrogens (tertiary/aromatic N) is 2. The topological polar surface area (TPSA) is 32.8 Å². The van der Waals surface area contributed by atoms with E-state index >= 15 is 0 Å². The first-order chi connectivity index (χ1) is 14.0. The fourth-order valence-electron chi connectivity index (χ4n) is 3.86. The number of allylic oxidation sites excluding steroid dienone is 2. The highest BCUT2D eigenvalue weighted by Gasteiger charge is 2.36. The Kier molecular flexibility index (Phi) is 9.30. The molecule has 4 heteroatoms. The maximum Gasteiger partial charge on any atom is 0.320 e. The lowest BCUT2D eigenvalue weighted by atomic mass is 10.0. The Hall–Kier alpha value is -2.23. The highest BCUT2D eigenvalue weighted by Crippen LogP contribution is 2.23. The van der Waals surface area contributed by atoms with Gasteiger partial charge in [0, 0.05) is 19.6 Å². The predicted molar refractivity (Wildman–Crippen MR) is 121 cm³/mol. The molecular formula is C25H38N2O2. The van der Waals surface area contributed by atoms with E-state index in [1.807, 2.05) is 17.0 Å². The Labute approximate surface area is 177 Å². The SMILES string of the molecule is C/C=C(\C=C(\C)CC)CN1CC(CCCc2ccc(OC)cc2)N(CCC)C1=O. The van der Waals surface area contributed by atoms with Crippen LogP contribution in [0, 0.1) is 0 Å². The molecule has 1 fully saturated rings. The minimum Gasteiger partial charge on any atom is -0.497 e. The number of carbonyl (C=O) groups excluding carboxylic acids is 1. The lowest BCUT2D eigenvalue weighted by Gasteiger charge is -2.22. The number of aryl methyl sites for hydroxylation is 1. The molecule has 0 bridgehead atoms. The van der Waals surface area contributed by atoms with Gasteiger partial charge in [0.05, 0.1) is 13.2 Å². The normalized spacial score (nSPS) is 18.0. The Morgan fingerprint density at radius 1 is 1.24 bits per heavy atom. The number of rotatable bonds is 11. The summed E-state index contributed by atoms with van der Waals surface area (Å²) in [6.07, 6.45) is 9.57. The highest BCUT2D eigenvalue weighted by atomic mass is 16.5. The number of amides is 2. The molecule has 4 nitrogen and oxygen atoms in total. The van der Waals surface area contributed by atoms with Crippen molar-refractivity contribution in [3.05, 3.63) is 53.1 Å². The van der Waals surface area contributed by atoms with E-state index in [0.29, 0.717) is 12.6 Å². The number of ether oxygens (including phenoxy) is 1. The second-order valence-corrected chi connectivity index (χ2v) is 7.96. The minimum absolute atomic E-state index is 0.197. The van der Waals surface area contributed by atoms with Gasteiger partial charge in [-0.1, -0.05) is 43.7 Å². The molecule has 0 aromatic heterocycles. The molecule has 1 aromatic rings. The molecule has 1 aromatic carbocycles. The first kappa shape index (κ1) is 23.1. The number of benzene rings is 1. The van der Waals surface area contributed by atoms with Crippen LogP contribution in [0.1, 0.15) is 58.9 Å². The summed E-state index contributed by atoms with van der Waals surface area (Å²) < 4.78 is 5.23. The van der Waals surface area contributed by atoms with Crippen LogP contribution in [0.4, 0.5) is 4.79 Å². The van der Waals surface area contributed by atoms with Gasteiger partial charge in [-0.2, -0.15) is 0 Å². The summed E-state index contributed by atoms with van der Waals surface area (Å²) in [5, 5.41) is 0. The van der Waals surface area contributed by atoms with Gasteiger partial charge >= 0.3 is 6.03 Å². The largest absolute Gasteiger partial charge is 0.497 e. The number of urea groups is 1.